The van der Waals surface area contributed by atoms with Gasteiger partial charge in [-0.1, -0.05) is 23.7 Å². The molecule has 0 aliphatic heterocycles. The smallest absolute Gasteiger partial charge is 0.437 e. The number of nitrogens with one attached hydrogen (secondary N) is 2. The molecule has 0 unspecified atom stereocenters. The fourth-order valence-electron chi connectivity index (χ4n) is 2.95. The summed E-state index contributed by atoms with van der Waals surface area (Å²) >= 11 is 5.87. The van der Waals surface area contributed by atoms with Crippen LogP contribution < -0.4 is 21.1 Å². The number of anilines is 1. The average Bonchev–Trinajstić information content (AvgIpc) is 3.15. The first-order chi connectivity index (χ1) is 15.9. The van der Waals surface area contributed by atoms with Gasteiger partial charge in [0.05, 0.1) is 13.7 Å². The fraction of sp³-hybridized carbons (Fsp3) is 0.273. The maximum absolute atomic E-state index is 12.6. The second-order valence-corrected chi connectivity index (χ2v) is 7.32. The molecule has 0 saturated carbocycles. The number of hydrogen-bond donors (Lipinski definition) is 2. The Morgan fingerprint density at radius 1 is 1.15 bits per heavy atom. The third kappa shape index (κ3) is 6.84. The van der Waals surface area contributed by atoms with Gasteiger partial charge < -0.3 is 24.5 Å². The lowest BCUT2D eigenvalue weighted by Gasteiger charge is -2.16. The maximum atomic E-state index is 12.6. The van der Waals surface area contributed by atoms with E-state index >= 15 is 0 Å². The number of hydrogen-bond acceptors (Lipinski definition) is 7. The first-order valence-corrected chi connectivity index (χ1v) is 10.4. The maximum Gasteiger partial charge on any atom is 0.437 e. The Morgan fingerprint density at radius 2 is 1.85 bits per heavy atom. The van der Waals surface area contributed by atoms with Crippen molar-refractivity contribution in [3.63, 3.8) is 0 Å². The van der Waals surface area contributed by atoms with Crippen molar-refractivity contribution in [2.24, 2.45) is 0 Å². The lowest BCUT2D eigenvalue weighted by molar-refractivity contribution is -0.144. The van der Waals surface area contributed by atoms with Gasteiger partial charge in [-0.05, 0) is 48.9 Å². The quantitative estimate of drug-likeness (QED) is 0.456. The Labute approximate surface area is 194 Å². The predicted molar refractivity (Wildman–Crippen MR) is 120 cm³/mol. The van der Waals surface area contributed by atoms with Gasteiger partial charge in [0.1, 0.15) is 18.3 Å². The van der Waals surface area contributed by atoms with E-state index in [1.54, 1.807) is 50.4 Å². The largest absolute Gasteiger partial charge is 0.497 e. The molecule has 3 aromatic rings. The molecule has 1 aromatic heterocycles. The van der Waals surface area contributed by atoms with Crippen LogP contribution in [0.5, 0.6) is 5.75 Å². The Balaban J connectivity index is 1.81. The Bertz CT molecular complexity index is 1140. The van der Waals surface area contributed by atoms with Crippen molar-refractivity contribution in [3.05, 3.63) is 75.6 Å². The highest BCUT2D eigenvalue weighted by atomic mass is 35.5. The fourth-order valence-corrected chi connectivity index (χ4v) is 3.07. The molecule has 10 nitrogen and oxygen atoms in total. The van der Waals surface area contributed by atoms with Crippen molar-refractivity contribution in [2.75, 3.05) is 19.0 Å². The molecule has 1 atom stereocenters. The van der Waals surface area contributed by atoms with Crippen LogP contribution in [0.3, 0.4) is 0 Å². The van der Waals surface area contributed by atoms with Crippen molar-refractivity contribution in [1.29, 1.82) is 0 Å². The first kappa shape index (κ1) is 23.9. The SMILES string of the molecule is CCOC(=O)Cn1nc([C@H](Cc2ccc(OC)cc2)NC(=O)Nc2ccc(Cl)cc2)oc1=O. The van der Waals surface area contributed by atoms with E-state index in [0.29, 0.717) is 16.5 Å². The summed E-state index contributed by atoms with van der Waals surface area (Å²) in [5.74, 6) is -0.836. The van der Waals surface area contributed by atoms with E-state index in [2.05, 4.69) is 15.7 Å². The molecule has 0 spiro atoms. The third-order valence-electron chi connectivity index (χ3n) is 4.51. The summed E-state index contributed by atoms with van der Waals surface area (Å²) < 4.78 is 16.1. The Morgan fingerprint density at radius 3 is 2.48 bits per heavy atom. The molecule has 0 fully saturated rings. The van der Waals surface area contributed by atoms with Crippen LogP contribution in [0.25, 0.3) is 0 Å². The van der Waals surface area contributed by atoms with E-state index in [1.165, 1.54) is 0 Å². The number of carbonyl (C=O) groups excluding carboxylic acids is 2. The summed E-state index contributed by atoms with van der Waals surface area (Å²) in [4.78, 5) is 36.6. The molecule has 0 bridgehead atoms. The highest BCUT2D eigenvalue weighted by Crippen LogP contribution is 2.20. The number of ether oxygens (including phenoxy) is 2. The van der Waals surface area contributed by atoms with E-state index in [0.717, 1.165) is 10.2 Å². The Kier molecular flexibility index (Phi) is 8.09. The molecule has 2 amide bonds. The molecule has 0 saturated heterocycles. The summed E-state index contributed by atoms with van der Waals surface area (Å²) in [7, 11) is 1.56. The van der Waals surface area contributed by atoms with Crippen LogP contribution in [0.4, 0.5) is 10.5 Å². The van der Waals surface area contributed by atoms with Crippen molar-refractivity contribution in [3.8, 4) is 5.75 Å². The van der Waals surface area contributed by atoms with Gasteiger partial charge in [0.25, 0.3) is 0 Å². The summed E-state index contributed by atoms with van der Waals surface area (Å²) in [5, 5.41) is 10.1. The van der Waals surface area contributed by atoms with Crippen molar-refractivity contribution in [2.45, 2.75) is 25.9 Å². The number of nitrogens with zero attached hydrogens (tertiary/aromatic N) is 2. The second kappa shape index (κ2) is 11.2. The van der Waals surface area contributed by atoms with Crippen LogP contribution in [0.2, 0.25) is 5.02 Å². The molecule has 2 aromatic carbocycles. The zero-order valence-electron chi connectivity index (χ0n) is 18.0. The normalized spacial score (nSPS) is 11.5. The standard InChI is InChI=1S/C22H23ClN4O6/c1-3-32-19(28)13-27-22(30)33-20(26-27)18(12-14-4-10-17(31-2)11-5-14)25-21(29)24-16-8-6-15(23)7-9-16/h4-11,18H,3,12-13H2,1-2H3,(H2,24,25,29)/t18-/m0/s1. The van der Waals surface area contributed by atoms with E-state index in [-0.39, 0.29) is 18.9 Å². The molecule has 0 radical (unpaired) electrons. The summed E-state index contributed by atoms with van der Waals surface area (Å²) in [6.07, 6.45) is 0.261. The molecule has 1 heterocycles. The summed E-state index contributed by atoms with van der Waals surface area (Å²) in [6, 6.07) is 12.4. The zero-order valence-corrected chi connectivity index (χ0v) is 18.8. The van der Waals surface area contributed by atoms with Crippen LogP contribution >= 0.6 is 11.6 Å². The van der Waals surface area contributed by atoms with Crippen molar-refractivity contribution >= 4 is 29.3 Å². The summed E-state index contributed by atoms with van der Waals surface area (Å²) in [6.45, 7) is 1.43. The van der Waals surface area contributed by atoms with Gasteiger partial charge in [-0.3, -0.25) is 4.79 Å². The molecule has 11 heteroatoms. The van der Waals surface area contributed by atoms with Gasteiger partial charge in [0, 0.05) is 17.1 Å². The van der Waals surface area contributed by atoms with Gasteiger partial charge in [0.15, 0.2) is 0 Å². The Hall–Kier alpha value is -3.79. The topological polar surface area (TPSA) is 125 Å². The number of halogens is 1. The van der Waals surface area contributed by atoms with E-state index in [1.807, 2.05) is 12.1 Å². The monoisotopic (exact) mass is 474 g/mol. The van der Waals surface area contributed by atoms with Crippen LogP contribution in [-0.4, -0.2) is 35.5 Å². The highest BCUT2D eigenvalue weighted by Gasteiger charge is 2.23. The average molecular weight is 475 g/mol. The lowest BCUT2D eigenvalue weighted by Crippen LogP contribution is -2.34. The molecule has 3 rings (SSSR count). The summed E-state index contributed by atoms with van der Waals surface area (Å²) in [5.41, 5.74) is 1.35. The number of carbonyl (C=O) groups is 2. The molecule has 2 N–H and O–H groups in total. The van der Waals surface area contributed by atoms with Crippen LogP contribution in [0.1, 0.15) is 24.4 Å². The molecule has 174 valence electrons. The number of urea groups is 1. The lowest BCUT2D eigenvalue weighted by atomic mass is 10.1. The number of benzene rings is 2. The minimum atomic E-state index is -0.835. The molecular weight excluding hydrogens is 452 g/mol. The van der Waals surface area contributed by atoms with Gasteiger partial charge in [-0.2, -0.15) is 4.68 Å². The van der Waals surface area contributed by atoms with Crippen LogP contribution in [0, 0.1) is 0 Å². The predicted octanol–water partition coefficient (Wildman–Crippen LogP) is 3.17. The number of methoxy groups -OCH3 is 1. The number of aromatic nitrogens is 2. The minimum absolute atomic E-state index is 0.0497. The van der Waals surface area contributed by atoms with E-state index in [4.69, 9.17) is 25.5 Å². The minimum Gasteiger partial charge on any atom is -0.497 e. The first-order valence-electron chi connectivity index (χ1n) is 10.1. The number of rotatable bonds is 9. The van der Waals surface area contributed by atoms with Crippen molar-refractivity contribution in [1.82, 2.24) is 15.1 Å². The second-order valence-electron chi connectivity index (χ2n) is 6.88. The van der Waals surface area contributed by atoms with Gasteiger partial charge in [0.2, 0.25) is 5.89 Å². The molecular formula is C22H23ClN4O6. The molecule has 33 heavy (non-hydrogen) atoms. The zero-order chi connectivity index (χ0) is 23.8. The third-order valence-corrected chi connectivity index (χ3v) is 4.76. The van der Waals surface area contributed by atoms with Crippen molar-refractivity contribution < 1.29 is 23.5 Å². The van der Waals surface area contributed by atoms with Crippen LogP contribution in [0.15, 0.2) is 57.7 Å². The highest BCUT2D eigenvalue weighted by molar-refractivity contribution is 6.30. The number of amides is 2. The van der Waals surface area contributed by atoms with Gasteiger partial charge >= 0.3 is 17.8 Å². The van der Waals surface area contributed by atoms with E-state index in [9.17, 15) is 14.4 Å². The van der Waals surface area contributed by atoms with Crippen LogP contribution in [-0.2, 0) is 22.5 Å². The van der Waals surface area contributed by atoms with E-state index < -0.39 is 30.3 Å². The number of esters is 1. The molecule has 0 aliphatic carbocycles. The van der Waals surface area contributed by atoms with Gasteiger partial charge in [-0.15, -0.1) is 5.10 Å². The molecule has 0 aliphatic rings. The van der Waals surface area contributed by atoms with Gasteiger partial charge in [-0.25, -0.2) is 9.59 Å².